The fourth-order valence-corrected chi connectivity index (χ4v) is 3.87. The van der Waals surface area contributed by atoms with E-state index in [9.17, 15) is 0 Å². The minimum Gasteiger partial charge on any atom is -0.493 e. The summed E-state index contributed by atoms with van der Waals surface area (Å²) in [5, 5.41) is 0. The molecule has 1 fully saturated rings. The number of ether oxygens (including phenoxy) is 7. The molecule has 0 N–H and O–H groups in total. The number of benzene rings is 1. The number of methoxy groups -OCH3 is 5. The van der Waals surface area contributed by atoms with E-state index in [4.69, 9.17) is 33.2 Å². The molecule has 0 unspecified atom stereocenters. The zero-order chi connectivity index (χ0) is 18.0. The normalized spacial score (nSPS) is 34.0. The zero-order valence-corrected chi connectivity index (χ0v) is 15.3. The lowest BCUT2D eigenvalue weighted by molar-refractivity contribution is -0.295. The van der Waals surface area contributed by atoms with Crippen molar-refractivity contribution in [2.75, 3.05) is 42.2 Å². The van der Waals surface area contributed by atoms with Crippen LogP contribution in [0.4, 0.5) is 0 Å². The number of hydrogen-bond acceptors (Lipinski definition) is 7. The largest absolute Gasteiger partial charge is 0.493 e. The quantitative estimate of drug-likeness (QED) is 0.772. The molecular formula is C18H26O7. The molecule has 6 atom stereocenters. The molecule has 0 bridgehead atoms. The number of fused-ring (bicyclic) bond motifs is 2. The number of hydrogen-bond donors (Lipinski definition) is 0. The molecular weight excluding hydrogens is 328 g/mol. The van der Waals surface area contributed by atoms with Crippen molar-refractivity contribution in [2.24, 2.45) is 5.92 Å². The first-order valence-corrected chi connectivity index (χ1v) is 8.26. The Bertz CT molecular complexity index is 579. The van der Waals surface area contributed by atoms with Crippen LogP contribution in [-0.2, 0) is 23.7 Å². The van der Waals surface area contributed by atoms with Gasteiger partial charge in [0.15, 0.2) is 11.5 Å². The highest BCUT2D eigenvalue weighted by atomic mass is 16.7. The minimum absolute atomic E-state index is 0.187. The Balaban J connectivity index is 2.03. The van der Waals surface area contributed by atoms with Crippen LogP contribution in [0.25, 0.3) is 0 Å². The van der Waals surface area contributed by atoms with Gasteiger partial charge in [-0.05, 0) is 6.07 Å². The van der Waals surface area contributed by atoms with Crippen LogP contribution in [0.15, 0.2) is 18.2 Å². The molecule has 0 spiro atoms. The lowest BCUT2D eigenvalue weighted by atomic mass is 9.81. The van der Waals surface area contributed by atoms with Gasteiger partial charge in [0.1, 0.15) is 12.2 Å². The van der Waals surface area contributed by atoms with Crippen LogP contribution in [0, 0.1) is 5.92 Å². The number of para-hydroxylation sites is 1. The van der Waals surface area contributed by atoms with E-state index in [1.165, 1.54) is 0 Å². The topological polar surface area (TPSA) is 64.6 Å². The van der Waals surface area contributed by atoms with E-state index < -0.39 is 6.29 Å². The molecule has 1 saturated heterocycles. The summed E-state index contributed by atoms with van der Waals surface area (Å²) in [5.41, 5.74) is 0.911. The van der Waals surface area contributed by atoms with Gasteiger partial charge >= 0.3 is 0 Å². The highest BCUT2D eigenvalue weighted by molar-refractivity contribution is 5.49. The third kappa shape index (κ3) is 3.11. The summed E-state index contributed by atoms with van der Waals surface area (Å²) in [6.07, 6.45) is -1.69. The van der Waals surface area contributed by atoms with Gasteiger partial charge in [-0.1, -0.05) is 12.1 Å². The van der Waals surface area contributed by atoms with Crippen molar-refractivity contribution in [3.8, 4) is 11.5 Å². The van der Waals surface area contributed by atoms with Crippen LogP contribution in [0.2, 0.25) is 0 Å². The van der Waals surface area contributed by atoms with E-state index in [0.29, 0.717) is 18.1 Å². The van der Waals surface area contributed by atoms with Crippen molar-refractivity contribution in [2.45, 2.75) is 30.7 Å². The Morgan fingerprint density at radius 3 is 2.32 bits per heavy atom. The van der Waals surface area contributed by atoms with Crippen molar-refractivity contribution >= 4 is 0 Å². The fourth-order valence-electron chi connectivity index (χ4n) is 3.87. The van der Waals surface area contributed by atoms with Gasteiger partial charge in [0, 0.05) is 34.0 Å². The van der Waals surface area contributed by atoms with Gasteiger partial charge in [-0.2, -0.15) is 0 Å². The van der Waals surface area contributed by atoms with E-state index in [-0.39, 0.29) is 30.3 Å². The third-order valence-corrected chi connectivity index (χ3v) is 4.94. The molecule has 140 valence electrons. The van der Waals surface area contributed by atoms with E-state index in [2.05, 4.69) is 0 Å². The molecule has 7 nitrogen and oxygen atoms in total. The van der Waals surface area contributed by atoms with Gasteiger partial charge in [0.25, 0.3) is 0 Å². The molecule has 2 aliphatic rings. The summed E-state index contributed by atoms with van der Waals surface area (Å²) >= 11 is 0. The molecule has 2 aliphatic heterocycles. The standard InChI is InChI=1S/C18H26O7/c1-19-9-12-16(22-4)17(23-5)13-15(21-3)10-7-6-8-11(20-2)14(10)25-18(13)24-12/h6-8,12-13,15-18H,9H2,1-5H3/t12-,13+,15+,16-,17-,18+/m1/s1. The second-order valence-corrected chi connectivity index (χ2v) is 6.13. The second kappa shape index (κ2) is 7.88. The molecule has 0 amide bonds. The smallest absolute Gasteiger partial charge is 0.208 e. The molecule has 3 rings (SSSR count). The molecule has 25 heavy (non-hydrogen) atoms. The Morgan fingerprint density at radius 2 is 1.72 bits per heavy atom. The maximum Gasteiger partial charge on any atom is 0.208 e. The summed E-state index contributed by atoms with van der Waals surface area (Å²) in [7, 11) is 8.22. The van der Waals surface area contributed by atoms with E-state index in [0.717, 1.165) is 5.56 Å². The summed E-state index contributed by atoms with van der Waals surface area (Å²) in [5.74, 6) is 1.10. The Labute approximate surface area is 148 Å². The van der Waals surface area contributed by atoms with Gasteiger partial charge in [0.2, 0.25) is 6.29 Å². The van der Waals surface area contributed by atoms with Gasteiger partial charge in [-0.25, -0.2) is 0 Å². The molecule has 0 saturated carbocycles. The van der Waals surface area contributed by atoms with Gasteiger partial charge in [0.05, 0.1) is 31.8 Å². The molecule has 0 radical (unpaired) electrons. The maximum atomic E-state index is 6.17. The van der Waals surface area contributed by atoms with Crippen LogP contribution in [0.1, 0.15) is 11.7 Å². The van der Waals surface area contributed by atoms with Crippen LogP contribution in [0.5, 0.6) is 11.5 Å². The van der Waals surface area contributed by atoms with Crippen LogP contribution in [-0.4, -0.2) is 66.8 Å². The second-order valence-electron chi connectivity index (χ2n) is 6.13. The molecule has 1 aromatic carbocycles. The van der Waals surface area contributed by atoms with Crippen molar-refractivity contribution in [1.29, 1.82) is 0 Å². The number of rotatable bonds is 6. The fraction of sp³-hybridized carbons (Fsp3) is 0.667. The van der Waals surface area contributed by atoms with Crippen LogP contribution in [0.3, 0.4) is 0 Å². The Morgan fingerprint density at radius 1 is 0.960 bits per heavy atom. The monoisotopic (exact) mass is 354 g/mol. The van der Waals surface area contributed by atoms with Crippen molar-refractivity contribution in [1.82, 2.24) is 0 Å². The summed E-state index contributed by atoms with van der Waals surface area (Å²) < 4.78 is 40.3. The van der Waals surface area contributed by atoms with E-state index in [1.54, 1.807) is 35.5 Å². The predicted molar refractivity (Wildman–Crippen MR) is 89.0 cm³/mol. The average molecular weight is 354 g/mol. The van der Waals surface area contributed by atoms with E-state index in [1.807, 2.05) is 18.2 Å². The minimum atomic E-state index is -0.551. The SMILES string of the molecule is COC[C@H]1O[C@H]2Oc3c(OC)cccc3[C@H](OC)[C@H]2[C@@H](OC)[C@@H]1OC. The predicted octanol–water partition coefficient (Wildman–Crippen LogP) is 1.79. The van der Waals surface area contributed by atoms with Gasteiger partial charge in [-0.3, -0.25) is 0 Å². The lowest BCUT2D eigenvalue weighted by Crippen LogP contribution is -2.61. The molecule has 0 aliphatic carbocycles. The molecule has 0 aromatic heterocycles. The van der Waals surface area contributed by atoms with Crippen molar-refractivity contribution in [3.05, 3.63) is 23.8 Å². The summed E-state index contributed by atoms with van der Waals surface area (Å²) in [4.78, 5) is 0. The van der Waals surface area contributed by atoms with Gasteiger partial charge < -0.3 is 33.2 Å². The van der Waals surface area contributed by atoms with Crippen LogP contribution >= 0.6 is 0 Å². The third-order valence-electron chi connectivity index (χ3n) is 4.94. The molecule has 2 heterocycles. The average Bonchev–Trinajstić information content (AvgIpc) is 2.64. The first-order valence-electron chi connectivity index (χ1n) is 8.26. The Hall–Kier alpha value is -1.38. The van der Waals surface area contributed by atoms with E-state index >= 15 is 0 Å². The first-order chi connectivity index (χ1) is 12.2. The van der Waals surface area contributed by atoms with Crippen molar-refractivity contribution in [3.63, 3.8) is 0 Å². The highest BCUT2D eigenvalue weighted by Gasteiger charge is 2.54. The Kier molecular flexibility index (Phi) is 5.81. The first kappa shape index (κ1) is 18.4. The molecule has 1 aromatic rings. The lowest BCUT2D eigenvalue weighted by Gasteiger charge is -2.49. The molecule has 7 heteroatoms. The summed E-state index contributed by atoms with van der Waals surface area (Å²) in [6.45, 7) is 0.376. The zero-order valence-electron chi connectivity index (χ0n) is 15.3. The van der Waals surface area contributed by atoms with Crippen LogP contribution < -0.4 is 9.47 Å². The van der Waals surface area contributed by atoms with Gasteiger partial charge in [-0.15, -0.1) is 0 Å². The highest BCUT2D eigenvalue weighted by Crippen LogP contribution is 2.49. The van der Waals surface area contributed by atoms with Crippen molar-refractivity contribution < 1.29 is 33.2 Å². The summed E-state index contributed by atoms with van der Waals surface area (Å²) in [6, 6.07) is 5.74. The maximum absolute atomic E-state index is 6.17.